The van der Waals surface area contributed by atoms with Gasteiger partial charge in [-0.25, -0.2) is 4.79 Å². The second-order valence-corrected chi connectivity index (χ2v) is 4.55. The van der Waals surface area contributed by atoms with Crippen LogP contribution >= 0.6 is 0 Å². The van der Waals surface area contributed by atoms with Crippen LogP contribution in [0.3, 0.4) is 0 Å². The van der Waals surface area contributed by atoms with Crippen LogP contribution in [0.5, 0.6) is 0 Å². The first-order valence-electron chi connectivity index (χ1n) is 5.98. The number of carbonyl (C=O) groups excluding carboxylic acids is 1. The van der Waals surface area contributed by atoms with Gasteiger partial charge in [-0.1, -0.05) is 12.1 Å². The van der Waals surface area contributed by atoms with Crippen LogP contribution in [0.2, 0.25) is 0 Å². The van der Waals surface area contributed by atoms with Crippen molar-refractivity contribution in [3.8, 4) is 0 Å². The number of para-hydroxylation sites is 1. The zero-order chi connectivity index (χ0) is 14.4. The Balaban J connectivity index is 2.36. The molecule has 0 unspecified atom stereocenters. The molecule has 0 radical (unpaired) electrons. The normalized spacial score (nSPS) is 12.8. The van der Waals surface area contributed by atoms with Gasteiger partial charge in [0.2, 0.25) is 0 Å². The highest BCUT2D eigenvalue weighted by molar-refractivity contribution is 6.11. The molecule has 0 saturated heterocycles. The van der Waals surface area contributed by atoms with Crippen molar-refractivity contribution >= 4 is 23.1 Å². The van der Waals surface area contributed by atoms with Crippen LogP contribution in [0.15, 0.2) is 33.9 Å². The Bertz CT molecular complexity index is 848. The van der Waals surface area contributed by atoms with Gasteiger partial charge in [0, 0.05) is 14.1 Å². The Morgan fingerprint density at radius 2 is 1.65 bits per heavy atom. The van der Waals surface area contributed by atoms with E-state index in [1.54, 1.807) is 24.3 Å². The first-order valence-corrected chi connectivity index (χ1v) is 5.98. The molecule has 1 aliphatic heterocycles. The number of fused-ring (bicyclic) bond motifs is 2. The lowest BCUT2D eigenvalue weighted by Gasteiger charge is -2.13. The number of aromatic nitrogens is 2. The standard InChI is InChI=1S/C13H12N4O3/c1-16-10-9(12(19)17(2)13(16)20)15-11(18)7-5-3-4-6-8(7)14-10/h3-6,14H,1-2H3,(H,15,18). The lowest BCUT2D eigenvalue weighted by atomic mass is 10.1. The molecule has 0 saturated carbocycles. The molecule has 0 spiro atoms. The Hall–Kier alpha value is -2.83. The average molecular weight is 272 g/mol. The van der Waals surface area contributed by atoms with E-state index in [2.05, 4.69) is 10.6 Å². The highest BCUT2D eigenvalue weighted by atomic mass is 16.2. The minimum Gasteiger partial charge on any atom is -0.339 e. The van der Waals surface area contributed by atoms with E-state index in [9.17, 15) is 14.4 Å². The van der Waals surface area contributed by atoms with Crippen LogP contribution < -0.4 is 21.9 Å². The predicted molar refractivity (Wildman–Crippen MR) is 74.6 cm³/mol. The minimum absolute atomic E-state index is 0.0656. The van der Waals surface area contributed by atoms with Gasteiger partial charge in [0.05, 0.1) is 11.3 Å². The fourth-order valence-corrected chi connectivity index (χ4v) is 2.20. The van der Waals surface area contributed by atoms with Crippen LogP contribution in [-0.4, -0.2) is 15.0 Å². The Labute approximate surface area is 113 Å². The molecule has 1 aromatic carbocycles. The van der Waals surface area contributed by atoms with Crippen LogP contribution in [0.25, 0.3) is 0 Å². The molecule has 0 bridgehead atoms. The van der Waals surface area contributed by atoms with Crippen molar-refractivity contribution in [1.29, 1.82) is 0 Å². The predicted octanol–water partition coefficient (Wildman–Crippen LogP) is 0.393. The summed E-state index contributed by atoms with van der Waals surface area (Å²) in [6, 6.07) is 6.86. The fraction of sp³-hybridized carbons (Fsp3) is 0.154. The van der Waals surface area contributed by atoms with Gasteiger partial charge in [-0.05, 0) is 12.1 Å². The maximum Gasteiger partial charge on any atom is 0.332 e. The number of hydrogen-bond donors (Lipinski definition) is 2. The third kappa shape index (κ3) is 1.56. The van der Waals surface area contributed by atoms with E-state index in [4.69, 9.17) is 0 Å². The van der Waals surface area contributed by atoms with Gasteiger partial charge in [-0.3, -0.25) is 18.7 Å². The SMILES string of the molecule is Cn1c2c(c(=O)n(C)c1=O)NC(=O)c1ccccc1N2. The first-order chi connectivity index (χ1) is 9.50. The molecule has 2 N–H and O–H groups in total. The number of hydrogen-bond acceptors (Lipinski definition) is 4. The monoisotopic (exact) mass is 272 g/mol. The summed E-state index contributed by atoms with van der Waals surface area (Å²) in [4.78, 5) is 36.2. The summed E-state index contributed by atoms with van der Waals surface area (Å²) in [7, 11) is 2.91. The van der Waals surface area contributed by atoms with Gasteiger partial charge in [-0.15, -0.1) is 0 Å². The van der Waals surface area contributed by atoms with Crippen molar-refractivity contribution in [3.63, 3.8) is 0 Å². The molecule has 3 rings (SSSR count). The van der Waals surface area contributed by atoms with E-state index in [-0.39, 0.29) is 17.4 Å². The van der Waals surface area contributed by atoms with Crippen molar-refractivity contribution in [2.24, 2.45) is 14.1 Å². The Morgan fingerprint density at radius 3 is 2.40 bits per heavy atom. The van der Waals surface area contributed by atoms with Gasteiger partial charge in [0.25, 0.3) is 11.5 Å². The molecule has 1 aromatic heterocycles. The van der Waals surface area contributed by atoms with Crippen LogP contribution in [0.4, 0.5) is 17.2 Å². The summed E-state index contributed by atoms with van der Waals surface area (Å²) < 4.78 is 2.25. The molecule has 1 aliphatic rings. The molecule has 1 amide bonds. The molecule has 0 atom stereocenters. The topological polar surface area (TPSA) is 85.1 Å². The second kappa shape index (κ2) is 4.09. The highest BCUT2D eigenvalue weighted by Gasteiger charge is 2.24. The zero-order valence-electron chi connectivity index (χ0n) is 10.9. The van der Waals surface area contributed by atoms with E-state index >= 15 is 0 Å². The molecule has 0 fully saturated rings. The van der Waals surface area contributed by atoms with Crippen molar-refractivity contribution < 1.29 is 4.79 Å². The van der Waals surface area contributed by atoms with E-state index in [1.165, 1.54) is 18.7 Å². The third-order valence-corrected chi connectivity index (χ3v) is 3.33. The lowest BCUT2D eigenvalue weighted by Crippen LogP contribution is -2.39. The van der Waals surface area contributed by atoms with E-state index < -0.39 is 11.2 Å². The number of benzene rings is 1. The fourth-order valence-electron chi connectivity index (χ4n) is 2.20. The zero-order valence-corrected chi connectivity index (χ0v) is 10.9. The molecule has 7 nitrogen and oxygen atoms in total. The maximum absolute atomic E-state index is 12.1. The van der Waals surface area contributed by atoms with Gasteiger partial charge >= 0.3 is 5.69 Å². The average Bonchev–Trinajstić information content (AvgIpc) is 2.60. The van der Waals surface area contributed by atoms with Crippen LogP contribution in [0, 0.1) is 0 Å². The van der Waals surface area contributed by atoms with Crippen LogP contribution in [-0.2, 0) is 14.1 Å². The van der Waals surface area contributed by atoms with Gasteiger partial charge < -0.3 is 10.6 Å². The van der Waals surface area contributed by atoms with Gasteiger partial charge in [-0.2, -0.15) is 0 Å². The molecule has 7 heteroatoms. The molecule has 102 valence electrons. The molecular weight excluding hydrogens is 260 g/mol. The largest absolute Gasteiger partial charge is 0.339 e. The van der Waals surface area contributed by atoms with E-state index in [1.807, 2.05) is 0 Å². The first kappa shape index (κ1) is 12.2. The highest BCUT2D eigenvalue weighted by Crippen LogP contribution is 2.28. The number of anilines is 3. The molecule has 20 heavy (non-hydrogen) atoms. The van der Waals surface area contributed by atoms with Gasteiger partial charge in [0.15, 0.2) is 0 Å². The molecule has 2 aromatic rings. The number of nitrogens with zero attached hydrogens (tertiary/aromatic N) is 2. The van der Waals surface area contributed by atoms with Crippen molar-refractivity contribution in [1.82, 2.24) is 9.13 Å². The van der Waals surface area contributed by atoms with Crippen molar-refractivity contribution in [2.75, 3.05) is 10.6 Å². The maximum atomic E-state index is 12.1. The number of carbonyl (C=O) groups is 1. The van der Waals surface area contributed by atoms with E-state index in [0.29, 0.717) is 11.3 Å². The lowest BCUT2D eigenvalue weighted by molar-refractivity contribution is 0.102. The van der Waals surface area contributed by atoms with Gasteiger partial charge in [0.1, 0.15) is 11.5 Å². The number of nitrogens with one attached hydrogen (secondary N) is 2. The number of rotatable bonds is 0. The Kier molecular flexibility index (Phi) is 2.50. The number of amides is 1. The Morgan fingerprint density at radius 1 is 0.950 bits per heavy atom. The summed E-state index contributed by atoms with van der Waals surface area (Å²) in [5, 5.41) is 5.54. The second-order valence-electron chi connectivity index (χ2n) is 4.55. The summed E-state index contributed by atoms with van der Waals surface area (Å²) >= 11 is 0. The van der Waals surface area contributed by atoms with Crippen molar-refractivity contribution in [2.45, 2.75) is 0 Å². The smallest absolute Gasteiger partial charge is 0.332 e. The van der Waals surface area contributed by atoms with Crippen LogP contribution in [0.1, 0.15) is 10.4 Å². The summed E-state index contributed by atoms with van der Waals surface area (Å²) in [6.45, 7) is 0. The molecular formula is C13H12N4O3. The summed E-state index contributed by atoms with van der Waals surface area (Å²) in [5.41, 5.74) is 0.0210. The van der Waals surface area contributed by atoms with Crippen molar-refractivity contribution in [3.05, 3.63) is 50.7 Å². The minimum atomic E-state index is -0.545. The van der Waals surface area contributed by atoms with E-state index in [0.717, 1.165) is 4.57 Å². The summed E-state index contributed by atoms with van der Waals surface area (Å²) in [5.74, 6) is -0.112. The summed E-state index contributed by atoms with van der Waals surface area (Å²) in [6.07, 6.45) is 0. The molecule has 2 heterocycles. The molecule has 0 aliphatic carbocycles. The quantitative estimate of drug-likeness (QED) is 0.726. The third-order valence-electron chi connectivity index (χ3n) is 3.33.